The highest BCUT2D eigenvalue weighted by atomic mass is 16.3. The fraction of sp³-hybridized carbons (Fsp3) is 0.267. The Kier molecular flexibility index (Phi) is 3.43. The van der Waals surface area contributed by atoms with E-state index in [2.05, 4.69) is 15.1 Å². The molecule has 3 rings (SSSR count). The van der Waals surface area contributed by atoms with Crippen molar-refractivity contribution in [2.24, 2.45) is 7.05 Å². The third kappa shape index (κ3) is 2.53. The Hall–Kier alpha value is -2.27. The molecular formula is C15H16N4O. The molecule has 5 heteroatoms. The monoisotopic (exact) mass is 268 g/mol. The van der Waals surface area contributed by atoms with Crippen molar-refractivity contribution in [2.45, 2.75) is 18.9 Å². The molecule has 0 radical (unpaired) electrons. The first-order chi connectivity index (χ1) is 9.74. The van der Waals surface area contributed by atoms with E-state index in [0.29, 0.717) is 12.1 Å². The zero-order chi connectivity index (χ0) is 13.9. The van der Waals surface area contributed by atoms with Gasteiger partial charge in [-0.05, 0) is 31.0 Å². The van der Waals surface area contributed by atoms with Gasteiger partial charge in [0.1, 0.15) is 0 Å². The number of para-hydroxylation sites is 2. The van der Waals surface area contributed by atoms with E-state index < -0.39 is 6.10 Å². The lowest BCUT2D eigenvalue weighted by molar-refractivity contribution is 0.162. The largest absolute Gasteiger partial charge is 0.387 e. The standard InChI is InChI=1S/C15H16N4O/c1-19-11(8-9-17-19)6-7-15(20)14-10-16-12-4-2-3-5-13(12)18-14/h2-5,8-10,15,20H,6-7H2,1H3. The summed E-state index contributed by atoms with van der Waals surface area (Å²) in [5.41, 5.74) is 3.36. The van der Waals surface area contributed by atoms with Gasteiger partial charge in [-0.25, -0.2) is 4.98 Å². The van der Waals surface area contributed by atoms with Crippen LogP contribution in [0.15, 0.2) is 42.7 Å². The minimum Gasteiger partial charge on any atom is -0.387 e. The molecule has 102 valence electrons. The second-order valence-electron chi connectivity index (χ2n) is 4.78. The number of hydrogen-bond acceptors (Lipinski definition) is 4. The van der Waals surface area contributed by atoms with E-state index in [1.165, 1.54) is 0 Å². The fourth-order valence-corrected chi connectivity index (χ4v) is 2.21. The van der Waals surface area contributed by atoms with Crippen molar-refractivity contribution < 1.29 is 5.11 Å². The normalized spacial score (nSPS) is 12.7. The van der Waals surface area contributed by atoms with E-state index in [1.54, 1.807) is 12.4 Å². The molecule has 0 aliphatic heterocycles. The van der Waals surface area contributed by atoms with Crippen molar-refractivity contribution in [3.63, 3.8) is 0 Å². The molecule has 3 aromatic rings. The number of aliphatic hydroxyl groups excluding tert-OH is 1. The highest BCUT2D eigenvalue weighted by Crippen LogP contribution is 2.18. The SMILES string of the molecule is Cn1nccc1CCC(O)c1cnc2ccccc2n1. The Balaban J connectivity index is 1.75. The van der Waals surface area contributed by atoms with Crippen LogP contribution in [0.25, 0.3) is 11.0 Å². The Labute approximate surface area is 116 Å². The van der Waals surface area contributed by atoms with Gasteiger partial charge in [-0.1, -0.05) is 12.1 Å². The van der Waals surface area contributed by atoms with Crippen molar-refractivity contribution in [1.29, 1.82) is 0 Å². The van der Waals surface area contributed by atoms with Crippen molar-refractivity contribution in [3.8, 4) is 0 Å². The molecule has 1 atom stereocenters. The Morgan fingerprint density at radius 2 is 2.00 bits per heavy atom. The second-order valence-corrected chi connectivity index (χ2v) is 4.78. The minimum atomic E-state index is -0.609. The summed E-state index contributed by atoms with van der Waals surface area (Å²) in [6.45, 7) is 0. The van der Waals surface area contributed by atoms with Crippen LogP contribution in [-0.4, -0.2) is 24.9 Å². The molecule has 0 saturated heterocycles. The molecule has 0 fully saturated rings. The second kappa shape index (κ2) is 5.38. The van der Waals surface area contributed by atoms with Crippen molar-refractivity contribution in [2.75, 3.05) is 0 Å². The Morgan fingerprint density at radius 1 is 1.20 bits per heavy atom. The van der Waals surface area contributed by atoms with Gasteiger partial charge >= 0.3 is 0 Å². The van der Waals surface area contributed by atoms with E-state index in [-0.39, 0.29) is 0 Å². The van der Waals surface area contributed by atoms with Gasteiger partial charge in [-0.15, -0.1) is 0 Å². The lowest BCUT2D eigenvalue weighted by atomic mass is 10.1. The molecule has 20 heavy (non-hydrogen) atoms. The Morgan fingerprint density at radius 3 is 2.75 bits per heavy atom. The smallest absolute Gasteiger partial charge is 0.0979 e. The van der Waals surface area contributed by atoms with Crippen molar-refractivity contribution in [1.82, 2.24) is 19.7 Å². The van der Waals surface area contributed by atoms with Gasteiger partial charge < -0.3 is 5.11 Å². The highest BCUT2D eigenvalue weighted by Gasteiger charge is 2.11. The summed E-state index contributed by atoms with van der Waals surface area (Å²) in [5, 5.41) is 14.4. The first-order valence-electron chi connectivity index (χ1n) is 6.60. The fourth-order valence-electron chi connectivity index (χ4n) is 2.21. The highest BCUT2D eigenvalue weighted by molar-refractivity contribution is 5.73. The molecule has 1 N–H and O–H groups in total. The van der Waals surface area contributed by atoms with Crippen LogP contribution in [0.4, 0.5) is 0 Å². The topological polar surface area (TPSA) is 63.8 Å². The summed E-state index contributed by atoms with van der Waals surface area (Å²) in [7, 11) is 1.90. The molecule has 1 unspecified atom stereocenters. The van der Waals surface area contributed by atoms with Crippen LogP contribution in [0.5, 0.6) is 0 Å². The van der Waals surface area contributed by atoms with E-state index in [1.807, 2.05) is 42.1 Å². The van der Waals surface area contributed by atoms with Crippen LogP contribution in [0.1, 0.15) is 23.9 Å². The molecule has 1 aromatic carbocycles. The summed E-state index contributed by atoms with van der Waals surface area (Å²) < 4.78 is 1.82. The quantitative estimate of drug-likeness (QED) is 0.786. The molecule has 0 bridgehead atoms. The van der Waals surface area contributed by atoms with E-state index >= 15 is 0 Å². The van der Waals surface area contributed by atoms with Crippen molar-refractivity contribution >= 4 is 11.0 Å². The number of nitrogens with zero attached hydrogens (tertiary/aromatic N) is 4. The van der Waals surface area contributed by atoms with Crippen LogP contribution in [-0.2, 0) is 13.5 Å². The van der Waals surface area contributed by atoms with Gasteiger partial charge in [-0.2, -0.15) is 5.10 Å². The van der Waals surface area contributed by atoms with Crippen LogP contribution < -0.4 is 0 Å². The maximum absolute atomic E-state index is 10.2. The molecule has 0 aliphatic carbocycles. The molecule has 2 heterocycles. The van der Waals surface area contributed by atoms with E-state index in [4.69, 9.17) is 0 Å². The lowest BCUT2D eigenvalue weighted by Gasteiger charge is -2.10. The van der Waals surface area contributed by atoms with Crippen LogP contribution in [0.2, 0.25) is 0 Å². The lowest BCUT2D eigenvalue weighted by Crippen LogP contribution is -2.05. The summed E-state index contributed by atoms with van der Waals surface area (Å²) in [6.07, 6.45) is 4.16. The predicted octanol–water partition coefficient (Wildman–Crippen LogP) is 2.03. The molecular weight excluding hydrogens is 252 g/mol. The number of aryl methyl sites for hydroxylation is 2. The zero-order valence-electron chi connectivity index (χ0n) is 11.3. The summed E-state index contributed by atoms with van der Waals surface area (Å²) >= 11 is 0. The number of aliphatic hydroxyl groups is 1. The number of aromatic nitrogens is 4. The zero-order valence-corrected chi connectivity index (χ0v) is 11.3. The maximum atomic E-state index is 10.2. The molecule has 0 aliphatic rings. The van der Waals surface area contributed by atoms with E-state index in [0.717, 1.165) is 23.1 Å². The average Bonchev–Trinajstić information content (AvgIpc) is 2.89. The molecule has 0 amide bonds. The number of rotatable bonds is 4. The number of benzene rings is 1. The summed E-state index contributed by atoms with van der Waals surface area (Å²) in [6, 6.07) is 9.62. The Bertz CT molecular complexity index is 722. The van der Waals surface area contributed by atoms with Gasteiger partial charge in [0.25, 0.3) is 0 Å². The van der Waals surface area contributed by atoms with Crippen LogP contribution >= 0.6 is 0 Å². The molecule has 5 nitrogen and oxygen atoms in total. The van der Waals surface area contributed by atoms with Gasteiger partial charge in [0.2, 0.25) is 0 Å². The van der Waals surface area contributed by atoms with E-state index in [9.17, 15) is 5.11 Å². The van der Waals surface area contributed by atoms with Gasteiger partial charge in [-0.3, -0.25) is 9.67 Å². The third-order valence-corrected chi connectivity index (χ3v) is 3.40. The molecule has 0 saturated carbocycles. The first kappa shape index (κ1) is 12.7. The van der Waals surface area contributed by atoms with Crippen LogP contribution in [0.3, 0.4) is 0 Å². The third-order valence-electron chi connectivity index (χ3n) is 3.40. The van der Waals surface area contributed by atoms with Gasteiger partial charge in [0.15, 0.2) is 0 Å². The summed E-state index contributed by atoms with van der Waals surface area (Å²) in [5.74, 6) is 0. The van der Waals surface area contributed by atoms with Gasteiger partial charge in [0, 0.05) is 18.9 Å². The minimum absolute atomic E-state index is 0.604. The van der Waals surface area contributed by atoms with Gasteiger partial charge in [0.05, 0.1) is 29.0 Å². The summed E-state index contributed by atoms with van der Waals surface area (Å²) in [4.78, 5) is 8.79. The van der Waals surface area contributed by atoms with Crippen molar-refractivity contribution in [3.05, 3.63) is 54.1 Å². The average molecular weight is 268 g/mol. The number of hydrogen-bond donors (Lipinski definition) is 1. The predicted molar refractivity (Wildman–Crippen MR) is 76.0 cm³/mol. The number of fused-ring (bicyclic) bond motifs is 1. The molecule has 0 spiro atoms. The first-order valence-corrected chi connectivity index (χ1v) is 6.60. The molecule has 2 aromatic heterocycles. The maximum Gasteiger partial charge on any atom is 0.0979 e. The van der Waals surface area contributed by atoms with Crippen LogP contribution in [0, 0.1) is 0 Å².